The van der Waals surface area contributed by atoms with Crippen LogP contribution in [0.4, 0.5) is 20.0 Å². The topological polar surface area (TPSA) is 209 Å². The predicted molar refractivity (Wildman–Crippen MR) is 165 cm³/mol. The van der Waals surface area contributed by atoms with Crippen molar-refractivity contribution < 1.29 is 56.0 Å². The summed E-state index contributed by atoms with van der Waals surface area (Å²) in [6, 6.07) is 13.7. The summed E-state index contributed by atoms with van der Waals surface area (Å²) in [4.78, 5) is 64.5. The van der Waals surface area contributed by atoms with Gasteiger partial charge in [-0.15, -0.1) is 0 Å². The molecule has 3 aromatic rings. The average molecular weight is 678 g/mol. The Morgan fingerprint density at radius 2 is 1.28 bits per heavy atom. The Morgan fingerprint density at radius 3 is 1.76 bits per heavy atom. The number of allylic oxidation sites excluding steroid dienone is 2. The number of nitrogens with zero attached hydrogens (tertiary/aromatic N) is 2. The van der Waals surface area contributed by atoms with Gasteiger partial charge in [0.2, 0.25) is 11.8 Å². The molecule has 2 heterocycles. The number of hydrogen-bond donors (Lipinski definition) is 6. The fourth-order valence-electron chi connectivity index (χ4n) is 4.26. The van der Waals surface area contributed by atoms with Crippen molar-refractivity contribution in [3.05, 3.63) is 89.9 Å². The molecule has 0 spiro atoms. The van der Waals surface area contributed by atoms with E-state index in [4.69, 9.17) is 19.6 Å². The van der Waals surface area contributed by atoms with Crippen molar-refractivity contribution in [1.29, 1.82) is 0 Å². The first-order valence-corrected chi connectivity index (χ1v) is 16.5. The first kappa shape index (κ1) is 34.5. The van der Waals surface area contributed by atoms with Gasteiger partial charge in [0.25, 0.3) is 0 Å². The number of carbonyl (C=O) groups is 2. The molecule has 0 fully saturated rings. The molecule has 19 heteroatoms. The zero-order valence-corrected chi connectivity index (χ0v) is 25.5. The van der Waals surface area contributed by atoms with Gasteiger partial charge in [-0.1, -0.05) is 0 Å². The zero-order chi connectivity index (χ0) is 33.5. The van der Waals surface area contributed by atoms with Gasteiger partial charge in [-0.3, -0.25) is 42.8 Å². The predicted octanol–water partition coefficient (Wildman–Crippen LogP) is 4.55. The molecule has 46 heavy (non-hydrogen) atoms. The summed E-state index contributed by atoms with van der Waals surface area (Å²) in [5.41, 5.74) is 2.04. The largest absolute Gasteiger partial charge is 0.677 e. The van der Waals surface area contributed by atoms with Gasteiger partial charge in [-0.25, -0.2) is 9.13 Å². The van der Waals surface area contributed by atoms with Crippen LogP contribution in [-0.2, 0) is 25.1 Å². The third-order valence-corrected chi connectivity index (χ3v) is 7.08. The molecular formula is C27H27BF2N4O10P2. The number of rotatable bonds is 14. The van der Waals surface area contributed by atoms with Gasteiger partial charge in [0.1, 0.15) is 11.5 Å². The highest BCUT2D eigenvalue weighted by atomic mass is 31.2. The fraction of sp³-hybridized carbons (Fsp3) is 0.148. The number of halogens is 2. The molecule has 0 saturated carbocycles. The SMILES string of the molecule is O=C(CCC1=N/C(=C\c2ccc(CCC(=O)Nc3ccc(OP(=O)(O)O)cc3)n2B(F)F)C=C1)Nc1ccc(OP(=O)(O)O)cc1. The van der Waals surface area contributed by atoms with Gasteiger partial charge in [0.05, 0.1) is 5.70 Å². The summed E-state index contributed by atoms with van der Waals surface area (Å²) in [6.07, 6.45) is 4.94. The third kappa shape index (κ3) is 10.9. The van der Waals surface area contributed by atoms with Gasteiger partial charge in [0, 0.05) is 41.3 Å². The minimum absolute atomic E-state index is 0.00234. The van der Waals surface area contributed by atoms with Crippen molar-refractivity contribution in [1.82, 2.24) is 4.48 Å². The van der Waals surface area contributed by atoms with Crippen LogP contribution < -0.4 is 19.7 Å². The van der Waals surface area contributed by atoms with Crippen LogP contribution in [-0.4, -0.2) is 49.0 Å². The monoisotopic (exact) mass is 678 g/mol. The van der Waals surface area contributed by atoms with Gasteiger partial charge >= 0.3 is 23.0 Å². The van der Waals surface area contributed by atoms with Crippen molar-refractivity contribution in [3.63, 3.8) is 0 Å². The Bertz CT molecular complexity index is 1770. The highest BCUT2D eigenvalue weighted by molar-refractivity contribution is 7.47. The fourth-order valence-corrected chi connectivity index (χ4v) is 5.06. The quantitative estimate of drug-likeness (QED) is 0.104. The summed E-state index contributed by atoms with van der Waals surface area (Å²) in [5, 5.41) is 5.22. The van der Waals surface area contributed by atoms with Crippen molar-refractivity contribution in [2.45, 2.75) is 25.7 Å². The molecule has 1 aromatic heterocycles. The van der Waals surface area contributed by atoms with Crippen LogP contribution >= 0.6 is 15.6 Å². The lowest BCUT2D eigenvalue weighted by Gasteiger charge is -2.10. The molecule has 14 nitrogen and oxygen atoms in total. The molecular weight excluding hydrogens is 651 g/mol. The molecule has 0 aliphatic carbocycles. The number of phosphoric acid groups is 2. The Kier molecular flexibility index (Phi) is 11.1. The Balaban J connectivity index is 1.30. The highest BCUT2D eigenvalue weighted by Crippen LogP contribution is 2.38. The van der Waals surface area contributed by atoms with E-state index in [1.807, 2.05) is 0 Å². The number of nitrogens with one attached hydrogen (secondary N) is 2. The van der Waals surface area contributed by atoms with Crippen LogP contribution in [0.2, 0.25) is 0 Å². The molecule has 1 aliphatic heterocycles. The minimum Gasteiger partial charge on any atom is -0.404 e. The summed E-state index contributed by atoms with van der Waals surface area (Å²) < 4.78 is 59.5. The van der Waals surface area contributed by atoms with E-state index in [2.05, 4.69) is 24.7 Å². The summed E-state index contributed by atoms with van der Waals surface area (Å²) in [6.45, 7) is 0. The van der Waals surface area contributed by atoms with E-state index >= 15 is 0 Å². The molecule has 2 aromatic carbocycles. The molecule has 1 aliphatic rings. The van der Waals surface area contributed by atoms with E-state index in [0.717, 1.165) is 4.48 Å². The Morgan fingerprint density at radius 1 is 0.783 bits per heavy atom. The van der Waals surface area contributed by atoms with Gasteiger partial charge in [-0.2, -0.15) is 0 Å². The zero-order valence-electron chi connectivity index (χ0n) is 23.7. The maximum Gasteiger partial charge on any atom is 0.677 e. The van der Waals surface area contributed by atoms with Crippen LogP contribution in [0.5, 0.6) is 11.5 Å². The van der Waals surface area contributed by atoms with E-state index in [-0.39, 0.29) is 54.5 Å². The number of aromatic nitrogens is 1. The Hall–Kier alpha value is -4.37. The van der Waals surface area contributed by atoms with Crippen LogP contribution in [0.15, 0.2) is 83.5 Å². The third-order valence-electron chi connectivity index (χ3n) is 6.19. The number of phosphoric ester groups is 2. The molecule has 6 N–H and O–H groups in total. The maximum absolute atomic E-state index is 14.0. The molecule has 242 valence electrons. The van der Waals surface area contributed by atoms with Crippen molar-refractivity contribution in [2.75, 3.05) is 10.6 Å². The number of anilines is 2. The minimum atomic E-state index is -4.72. The number of aliphatic imine (C=N–C) groups is 1. The van der Waals surface area contributed by atoms with Crippen LogP contribution in [0.1, 0.15) is 30.7 Å². The summed E-state index contributed by atoms with van der Waals surface area (Å²) in [5.74, 6) is -0.968. The second kappa shape index (κ2) is 14.8. The van der Waals surface area contributed by atoms with E-state index in [1.54, 1.807) is 12.2 Å². The molecule has 0 atom stereocenters. The highest BCUT2D eigenvalue weighted by Gasteiger charge is 2.24. The number of benzene rings is 2. The van der Waals surface area contributed by atoms with E-state index in [0.29, 0.717) is 22.8 Å². The molecule has 0 unspecified atom stereocenters. The van der Waals surface area contributed by atoms with E-state index in [1.165, 1.54) is 66.7 Å². The molecule has 2 amide bonds. The first-order chi connectivity index (χ1) is 21.6. The summed E-state index contributed by atoms with van der Waals surface area (Å²) in [7, 11) is -12.3. The van der Waals surface area contributed by atoms with Crippen molar-refractivity contribution in [3.8, 4) is 11.5 Å². The molecule has 4 rings (SSSR count). The first-order valence-electron chi connectivity index (χ1n) is 13.4. The second-order valence-electron chi connectivity index (χ2n) is 9.71. The van der Waals surface area contributed by atoms with Crippen LogP contribution in [0.25, 0.3) is 6.08 Å². The van der Waals surface area contributed by atoms with Gasteiger partial charge in [-0.05, 0) is 91.7 Å². The van der Waals surface area contributed by atoms with E-state index in [9.17, 15) is 27.4 Å². The van der Waals surface area contributed by atoms with Gasteiger partial charge in [0.15, 0.2) is 0 Å². The van der Waals surface area contributed by atoms with Crippen molar-refractivity contribution >= 4 is 58.0 Å². The number of hydrogen-bond acceptors (Lipinski definition) is 7. The van der Waals surface area contributed by atoms with Crippen LogP contribution in [0.3, 0.4) is 0 Å². The number of aryl methyl sites for hydroxylation is 1. The van der Waals surface area contributed by atoms with E-state index < -0.39 is 29.0 Å². The smallest absolute Gasteiger partial charge is 0.404 e. The lowest BCUT2D eigenvalue weighted by atomic mass is 10.1. The Labute approximate surface area is 261 Å². The summed E-state index contributed by atoms with van der Waals surface area (Å²) >= 11 is 0. The average Bonchev–Trinajstić information content (AvgIpc) is 3.58. The van der Waals surface area contributed by atoms with Crippen molar-refractivity contribution in [2.24, 2.45) is 4.99 Å². The van der Waals surface area contributed by atoms with Crippen LogP contribution in [0, 0.1) is 0 Å². The lowest BCUT2D eigenvalue weighted by molar-refractivity contribution is -0.116. The number of amides is 2. The normalized spacial score (nSPS) is 13.8. The van der Waals surface area contributed by atoms with Gasteiger partial charge < -0.3 is 24.2 Å². The molecule has 0 bridgehead atoms. The lowest BCUT2D eigenvalue weighted by Crippen LogP contribution is -2.19. The molecule has 0 radical (unpaired) electrons. The number of carbonyl (C=O) groups excluding carboxylic acids is 2. The second-order valence-corrected chi connectivity index (χ2v) is 12.0. The standard InChI is InChI=1S/C27H27BF2N4O10P2/c29-28(30)34-22(10-16-27(36)33-20-5-13-25(14-6-20)44-46(40,41)42)8-9-23(34)17-21-2-1-18(31-21)7-15-26(35)32-19-3-11-24(12-4-19)43-45(37,38)39/h1-6,8-9,11-14,17H,7,10,15-16H2,(H,32,35)(H,33,36)(H2,37,38,39)(H2,40,41,42)/b21-17-. The molecule has 0 saturated heterocycles. The maximum atomic E-state index is 14.0.